The molecule has 0 saturated heterocycles. The van der Waals surface area contributed by atoms with Crippen LogP contribution in [0.5, 0.6) is 0 Å². The molecule has 0 aliphatic rings. The largest absolute Gasteiger partial charge is 0.242 e. The Hall–Kier alpha value is -0.350. The van der Waals surface area contributed by atoms with Crippen molar-refractivity contribution >= 4 is 41.9 Å². The van der Waals surface area contributed by atoms with Crippen LogP contribution in [0.25, 0.3) is 0 Å². The molecule has 1 rings (SSSR count). The van der Waals surface area contributed by atoms with E-state index in [0.29, 0.717) is 4.47 Å². The van der Waals surface area contributed by atoms with Crippen LogP contribution < -0.4 is 4.72 Å². The molecule has 0 saturated carbocycles. The average Bonchev–Trinajstić information content (AvgIpc) is 2.17. The molecule has 0 aliphatic heterocycles. The third-order valence-corrected chi connectivity index (χ3v) is 4.58. The maximum absolute atomic E-state index is 11.8. The summed E-state index contributed by atoms with van der Waals surface area (Å²) in [6.07, 6.45) is 0. The molecule has 0 aliphatic carbocycles. The topological polar surface area (TPSA) is 46.2 Å². The summed E-state index contributed by atoms with van der Waals surface area (Å²) in [5, 5.41) is 0. The van der Waals surface area contributed by atoms with Gasteiger partial charge in [0.05, 0.1) is 11.4 Å². The van der Waals surface area contributed by atoms with Crippen LogP contribution >= 0.6 is 31.9 Å². The zero-order chi connectivity index (χ0) is 12.2. The van der Waals surface area contributed by atoms with Gasteiger partial charge in [0.15, 0.2) is 0 Å². The van der Waals surface area contributed by atoms with Crippen LogP contribution in [0.2, 0.25) is 0 Å². The summed E-state index contributed by atoms with van der Waals surface area (Å²) >= 11 is 6.47. The van der Waals surface area contributed by atoms with E-state index in [-0.39, 0.29) is 11.4 Å². The molecule has 0 unspecified atom stereocenters. The van der Waals surface area contributed by atoms with Gasteiger partial charge in [-0.05, 0) is 41.1 Å². The van der Waals surface area contributed by atoms with E-state index in [1.54, 1.807) is 19.1 Å². The van der Waals surface area contributed by atoms with Crippen LogP contribution in [-0.2, 0) is 10.0 Å². The molecule has 0 spiro atoms. The fourth-order valence-electron chi connectivity index (χ4n) is 0.990. The minimum Gasteiger partial charge on any atom is -0.207 e. The van der Waals surface area contributed by atoms with Crippen molar-refractivity contribution in [1.29, 1.82) is 0 Å². The van der Waals surface area contributed by atoms with Gasteiger partial charge in [-0.3, -0.25) is 0 Å². The minimum atomic E-state index is -3.50. The third kappa shape index (κ3) is 3.59. The van der Waals surface area contributed by atoms with Crippen LogP contribution in [0.15, 0.2) is 32.0 Å². The normalized spacial score (nSPS) is 10.7. The smallest absolute Gasteiger partial charge is 0.207 e. The van der Waals surface area contributed by atoms with Crippen LogP contribution in [-0.4, -0.2) is 15.0 Å². The van der Waals surface area contributed by atoms with Crippen molar-refractivity contribution in [3.05, 3.63) is 27.1 Å². The molecule has 1 aromatic carbocycles. The van der Waals surface area contributed by atoms with Crippen molar-refractivity contribution in [3.8, 4) is 11.8 Å². The van der Waals surface area contributed by atoms with Crippen molar-refractivity contribution < 1.29 is 8.42 Å². The minimum absolute atomic E-state index is 0.112. The lowest BCUT2D eigenvalue weighted by Gasteiger charge is -2.06. The summed E-state index contributed by atoms with van der Waals surface area (Å²) in [6, 6.07) is 4.88. The first-order valence-electron chi connectivity index (χ1n) is 4.31. The molecule has 0 amide bonds. The predicted molar refractivity (Wildman–Crippen MR) is 70.5 cm³/mol. The van der Waals surface area contributed by atoms with E-state index < -0.39 is 10.0 Å². The number of sulfonamides is 1. The van der Waals surface area contributed by atoms with Gasteiger partial charge in [-0.1, -0.05) is 21.9 Å². The van der Waals surface area contributed by atoms with Gasteiger partial charge in [0.2, 0.25) is 10.0 Å². The number of benzene rings is 1. The van der Waals surface area contributed by atoms with Gasteiger partial charge in [0.25, 0.3) is 0 Å². The first-order valence-corrected chi connectivity index (χ1v) is 7.38. The lowest BCUT2D eigenvalue weighted by Crippen LogP contribution is -2.24. The van der Waals surface area contributed by atoms with Crippen molar-refractivity contribution in [2.24, 2.45) is 0 Å². The van der Waals surface area contributed by atoms with Crippen molar-refractivity contribution in [2.75, 3.05) is 6.54 Å². The molecule has 0 atom stereocenters. The Balaban J connectivity index is 3.01. The zero-order valence-corrected chi connectivity index (χ0v) is 12.4. The number of hydrogen-bond acceptors (Lipinski definition) is 2. The first kappa shape index (κ1) is 13.7. The van der Waals surface area contributed by atoms with Gasteiger partial charge < -0.3 is 0 Å². The first-order chi connectivity index (χ1) is 7.47. The highest BCUT2D eigenvalue weighted by Crippen LogP contribution is 2.25. The van der Waals surface area contributed by atoms with Crippen molar-refractivity contribution in [1.82, 2.24) is 4.72 Å². The van der Waals surface area contributed by atoms with E-state index in [1.165, 1.54) is 6.07 Å². The van der Waals surface area contributed by atoms with E-state index in [1.807, 2.05) is 0 Å². The van der Waals surface area contributed by atoms with Gasteiger partial charge in [-0.15, -0.1) is 5.92 Å². The van der Waals surface area contributed by atoms with Gasteiger partial charge in [-0.2, -0.15) is 4.72 Å². The van der Waals surface area contributed by atoms with E-state index in [4.69, 9.17) is 0 Å². The van der Waals surface area contributed by atoms with E-state index in [2.05, 4.69) is 48.4 Å². The van der Waals surface area contributed by atoms with Gasteiger partial charge >= 0.3 is 0 Å². The molecule has 0 aromatic heterocycles. The number of hydrogen-bond donors (Lipinski definition) is 1. The van der Waals surface area contributed by atoms with Crippen molar-refractivity contribution in [3.63, 3.8) is 0 Å². The highest BCUT2D eigenvalue weighted by atomic mass is 79.9. The molecule has 6 heteroatoms. The monoisotopic (exact) mass is 365 g/mol. The summed E-state index contributed by atoms with van der Waals surface area (Å²) in [4.78, 5) is 0.202. The number of nitrogens with one attached hydrogen (secondary N) is 1. The second kappa shape index (κ2) is 5.82. The standard InChI is InChI=1S/C10H9Br2NO2S/c1-2-3-6-13-16(14,15)10-5-4-8(11)7-9(10)12/h4-5,7,13H,6H2,1H3. The molecule has 86 valence electrons. The fraction of sp³-hybridized carbons (Fsp3) is 0.200. The zero-order valence-electron chi connectivity index (χ0n) is 8.42. The maximum atomic E-state index is 11.8. The van der Waals surface area contributed by atoms with E-state index in [9.17, 15) is 8.42 Å². The van der Waals surface area contributed by atoms with Crippen molar-refractivity contribution in [2.45, 2.75) is 11.8 Å². The second-order valence-electron chi connectivity index (χ2n) is 2.83. The second-order valence-corrected chi connectivity index (χ2v) is 6.33. The molecule has 3 nitrogen and oxygen atoms in total. The molecule has 0 heterocycles. The Morgan fingerprint density at radius 1 is 1.38 bits per heavy atom. The quantitative estimate of drug-likeness (QED) is 0.835. The maximum Gasteiger partial charge on any atom is 0.242 e. The lowest BCUT2D eigenvalue weighted by atomic mass is 10.4. The van der Waals surface area contributed by atoms with Crippen LogP contribution in [0, 0.1) is 11.8 Å². The average molecular weight is 367 g/mol. The Bertz CT molecular complexity index is 544. The Kier molecular flexibility index (Phi) is 4.99. The van der Waals surface area contributed by atoms with Gasteiger partial charge in [0, 0.05) is 8.95 Å². The highest BCUT2D eigenvalue weighted by molar-refractivity contribution is 9.11. The SMILES string of the molecule is CC#CCNS(=O)(=O)c1ccc(Br)cc1Br. The van der Waals surface area contributed by atoms with Crippen LogP contribution in [0.1, 0.15) is 6.92 Å². The molecule has 0 radical (unpaired) electrons. The summed E-state index contributed by atoms with van der Waals surface area (Å²) in [7, 11) is -3.50. The molecule has 1 aromatic rings. The Labute approximate surface area is 112 Å². The molecular formula is C10H9Br2NO2S. The Morgan fingerprint density at radius 3 is 2.62 bits per heavy atom. The molecule has 16 heavy (non-hydrogen) atoms. The summed E-state index contributed by atoms with van der Waals surface area (Å²) < 4.78 is 27.3. The van der Waals surface area contributed by atoms with E-state index in [0.717, 1.165) is 4.47 Å². The molecule has 0 fully saturated rings. The summed E-state index contributed by atoms with van der Waals surface area (Å²) in [6.45, 7) is 1.77. The summed E-state index contributed by atoms with van der Waals surface area (Å²) in [5.74, 6) is 5.26. The predicted octanol–water partition coefficient (Wildman–Crippen LogP) is 2.51. The van der Waals surface area contributed by atoms with E-state index >= 15 is 0 Å². The number of halogens is 2. The van der Waals surface area contributed by atoms with Gasteiger partial charge in [0.1, 0.15) is 0 Å². The fourth-order valence-corrected chi connectivity index (χ4v) is 3.66. The van der Waals surface area contributed by atoms with Gasteiger partial charge in [-0.25, -0.2) is 8.42 Å². The van der Waals surface area contributed by atoms with Crippen LogP contribution in [0.3, 0.4) is 0 Å². The molecule has 1 N–H and O–H groups in total. The molecular weight excluding hydrogens is 358 g/mol. The Morgan fingerprint density at radius 2 is 2.06 bits per heavy atom. The lowest BCUT2D eigenvalue weighted by molar-refractivity contribution is 0.585. The third-order valence-electron chi connectivity index (χ3n) is 1.71. The molecule has 0 bridgehead atoms. The number of rotatable bonds is 3. The van der Waals surface area contributed by atoms with Crippen LogP contribution in [0.4, 0.5) is 0 Å². The summed E-state index contributed by atoms with van der Waals surface area (Å²) in [5.41, 5.74) is 0. The highest BCUT2D eigenvalue weighted by Gasteiger charge is 2.16.